The van der Waals surface area contributed by atoms with Gasteiger partial charge in [0, 0.05) is 37.5 Å². The van der Waals surface area contributed by atoms with Gasteiger partial charge >= 0.3 is 0 Å². The van der Waals surface area contributed by atoms with E-state index in [0.717, 1.165) is 23.3 Å². The summed E-state index contributed by atoms with van der Waals surface area (Å²) in [6, 6.07) is 11.5. The van der Waals surface area contributed by atoms with Crippen molar-refractivity contribution in [2.24, 2.45) is 0 Å². The van der Waals surface area contributed by atoms with E-state index in [4.69, 9.17) is 9.26 Å². The molecule has 144 valence electrons. The molecule has 3 aromatic rings. The molecule has 1 fully saturated rings. The Balaban J connectivity index is 1.39. The molecular formula is C21H22N4O3. The lowest BCUT2D eigenvalue weighted by Gasteiger charge is -2.16. The van der Waals surface area contributed by atoms with Crippen LogP contribution in [0.2, 0.25) is 0 Å². The molecule has 1 saturated heterocycles. The molecule has 1 amide bonds. The van der Waals surface area contributed by atoms with Gasteiger partial charge in [0.25, 0.3) is 0 Å². The maximum Gasteiger partial charge on any atom is 0.232 e. The summed E-state index contributed by atoms with van der Waals surface area (Å²) < 4.78 is 11.0. The topological polar surface area (TPSA) is 81.3 Å². The van der Waals surface area contributed by atoms with Gasteiger partial charge in [-0.3, -0.25) is 9.78 Å². The molecule has 0 bridgehead atoms. The Kier molecular flexibility index (Phi) is 5.32. The summed E-state index contributed by atoms with van der Waals surface area (Å²) in [6.45, 7) is 3.92. The van der Waals surface area contributed by atoms with Crippen LogP contribution in [0.4, 0.5) is 0 Å². The van der Waals surface area contributed by atoms with Crippen LogP contribution in [-0.2, 0) is 11.3 Å². The minimum Gasteiger partial charge on any atom is -0.494 e. The van der Waals surface area contributed by atoms with Gasteiger partial charge in [-0.1, -0.05) is 24.2 Å². The number of hydrogen-bond donors (Lipinski definition) is 0. The lowest BCUT2D eigenvalue weighted by Crippen LogP contribution is -2.24. The van der Waals surface area contributed by atoms with Gasteiger partial charge in [0.15, 0.2) is 0 Å². The maximum absolute atomic E-state index is 12.5. The monoisotopic (exact) mass is 378 g/mol. The van der Waals surface area contributed by atoms with Crippen LogP contribution in [0, 0.1) is 0 Å². The van der Waals surface area contributed by atoms with Crippen molar-refractivity contribution in [1.29, 1.82) is 0 Å². The number of likely N-dealkylation sites (tertiary alicyclic amines) is 1. The fraction of sp³-hybridized carbons (Fsp3) is 0.333. The summed E-state index contributed by atoms with van der Waals surface area (Å²) in [5.41, 5.74) is 1.91. The van der Waals surface area contributed by atoms with Crippen molar-refractivity contribution in [3.8, 4) is 17.1 Å². The fourth-order valence-electron chi connectivity index (χ4n) is 3.24. The highest BCUT2D eigenvalue weighted by molar-refractivity contribution is 5.79. The van der Waals surface area contributed by atoms with Gasteiger partial charge in [0.1, 0.15) is 5.75 Å². The third kappa shape index (κ3) is 4.03. The highest BCUT2D eigenvalue weighted by Crippen LogP contribution is 2.29. The minimum atomic E-state index is -0.0808. The smallest absolute Gasteiger partial charge is 0.232 e. The molecule has 0 radical (unpaired) electrons. The van der Waals surface area contributed by atoms with Crippen LogP contribution >= 0.6 is 0 Å². The Morgan fingerprint density at radius 3 is 2.71 bits per heavy atom. The molecule has 2 aromatic heterocycles. The number of benzene rings is 1. The molecule has 3 heterocycles. The zero-order valence-corrected chi connectivity index (χ0v) is 15.7. The summed E-state index contributed by atoms with van der Waals surface area (Å²) in [6.07, 6.45) is 4.73. The first-order valence-electron chi connectivity index (χ1n) is 9.46. The molecule has 0 saturated carbocycles. The van der Waals surface area contributed by atoms with E-state index in [9.17, 15) is 4.79 Å². The summed E-state index contributed by atoms with van der Waals surface area (Å²) in [7, 11) is 0. The molecule has 28 heavy (non-hydrogen) atoms. The third-order valence-corrected chi connectivity index (χ3v) is 4.71. The van der Waals surface area contributed by atoms with Crippen LogP contribution in [0.5, 0.6) is 5.75 Å². The standard InChI is InChI=1S/C21H22N4O3/c1-2-11-27-18-5-3-15(4-6-18)13-25-14-17(12-19(25)26)21-23-20(24-28-21)16-7-9-22-10-8-16/h3-10,17H,2,11-14H2,1H3. The predicted octanol–water partition coefficient (Wildman–Crippen LogP) is 3.44. The largest absolute Gasteiger partial charge is 0.494 e. The van der Waals surface area contributed by atoms with Crippen LogP contribution in [0.3, 0.4) is 0 Å². The highest BCUT2D eigenvalue weighted by atomic mass is 16.5. The van der Waals surface area contributed by atoms with E-state index in [1.54, 1.807) is 12.4 Å². The summed E-state index contributed by atoms with van der Waals surface area (Å²) in [4.78, 5) is 22.8. The first-order chi connectivity index (χ1) is 13.7. The average Bonchev–Trinajstić information content (AvgIpc) is 3.36. The number of rotatable bonds is 7. The van der Waals surface area contributed by atoms with Crippen molar-refractivity contribution >= 4 is 5.91 Å². The van der Waals surface area contributed by atoms with Crippen LogP contribution in [0.25, 0.3) is 11.4 Å². The summed E-state index contributed by atoms with van der Waals surface area (Å²) in [5.74, 6) is 1.89. The van der Waals surface area contributed by atoms with E-state index >= 15 is 0 Å². The van der Waals surface area contributed by atoms with Crippen molar-refractivity contribution in [1.82, 2.24) is 20.0 Å². The van der Waals surface area contributed by atoms with Gasteiger partial charge in [-0.25, -0.2) is 0 Å². The molecule has 7 nitrogen and oxygen atoms in total. The molecule has 1 unspecified atom stereocenters. The molecule has 1 aliphatic rings. The molecular weight excluding hydrogens is 356 g/mol. The number of nitrogens with zero attached hydrogens (tertiary/aromatic N) is 4. The molecule has 0 N–H and O–H groups in total. The summed E-state index contributed by atoms with van der Waals surface area (Å²) >= 11 is 0. The fourth-order valence-corrected chi connectivity index (χ4v) is 3.24. The quantitative estimate of drug-likeness (QED) is 0.626. The van der Waals surface area contributed by atoms with E-state index in [1.165, 1.54) is 0 Å². The van der Waals surface area contributed by atoms with Gasteiger partial charge in [-0.05, 0) is 36.2 Å². The average molecular weight is 378 g/mol. The number of carbonyl (C=O) groups excluding carboxylic acids is 1. The number of carbonyl (C=O) groups is 1. The second-order valence-corrected chi connectivity index (χ2v) is 6.86. The van der Waals surface area contributed by atoms with Gasteiger partial charge in [0.05, 0.1) is 12.5 Å². The van der Waals surface area contributed by atoms with Crippen LogP contribution in [-0.4, -0.2) is 39.1 Å². The molecule has 7 heteroatoms. The first-order valence-corrected chi connectivity index (χ1v) is 9.46. The molecule has 0 spiro atoms. The predicted molar refractivity (Wildman–Crippen MR) is 103 cm³/mol. The van der Waals surface area contributed by atoms with Crippen molar-refractivity contribution in [2.75, 3.05) is 13.2 Å². The maximum atomic E-state index is 12.5. The van der Waals surface area contributed by atoms with Crippen LogP contribution in [0.1, 0.15) is 37.1 Å². The van der Waals surface area contributed by atoms with Crippen LogP contribution < -0.4 is 4.74 Å². The molecule has 1 atom stereocenters. The van der Waals surface area contributed by atoms with E-state index < -0.39 is 0 Å². The zero-order chi connectivity index (χ0) is 19.3. The first kappa shape index (κ1) is 18.2. The third-order valence-electron chi connectivity index (χ3n) is 4.71. The zero-order valence-electron chi connectivity index (χ0n) is 15.7. The Morgan fingerprint density at radius 1 is 1.18 bits per heavy atom. The van der Waals surface area contributed by atoms with Gasteiger partial charge in [-0.15, -0.1) is 0 Å². The van der Waals surface area contributed by atoms with E-state index in [2.05, 4.69) is 22.0 Å². The van der Waals surface area contributed by atoms with E-state index in [0.29, 0.717) is 37.8 Å². The number of pyridine rings is 1. The molecule has 0 aliphatic carbocycles. The SMILES string of the molecule is CCCOc1ccc(CN2CC(c3nc(-c4ccncc4)no3)CC2=O)cc1. The second kappa shape index (κ2) is 8.21. The lowest BCUT2D eigenvalue weighted by molar-refractivity contribution is -0.128. The highest BCUT2D eigenvalue weighted by Gasteiger charge is 2.34. The molecule has 1 aromatic carbocycles. The van der Waals surface area contributed by atoms with Crippen molar-refractivity contribution in [3.05, 3.63) is 60.2 Å². The van der Waals surface area contributed by atoms with Crippen molar-refractivity contribution in [3.63, 3.8) is 0 Å². The Hall–Kier alpha value is -3.22. The molecule has 1 aliphatic heterocycles. The van der Waals surface area contributed by atoms with Gasteiger partial charge in [-0.2, -0.15) is 4.98 Å². The number of hydrogen-bond acceptors (Lipinski definition) is 6. The lowest BCUT2D eigenvalue weighted by atomic mass is 10.1. The number of amides is 1. The van der Waals surface area contributed by atoms with E-state index in [1.807, 2.05) is 41.3 Å². The van der Waals surface area contributed by atoms with Crippen molar-refractivity contribution < 1.29 is 14.1 Å². The second-order valence-electron chi connectivity index (χ2n) is 6.86. The Morgan fingerprint density at radius 2 is 1.96 bits per heavy atom. The van der Waals surface area contributed by atoms with Gasteiger partial charge < -0.3 is 14.2 Å². The van der Waals surface area contributed by atoms with E-state index in [-0.39, 0.29) is 11.8 Å². The number of ether oxygens (including phenoxy) is 1. The normalized spacial score (nSPS) is 16.5. The molecule has 4 rings (SSSR count). The van der Waals surface area contributed by atoms with Crippen molar-refractivity contribution in [2.45, 2.75) is 32.2 Å². The summed E-state index contributed by atoms with van der Waals surface area (Å²) in [5, 5.41) is 4.04. The van der Waals surface area contributed by atoms with Crippen LogP contribution in [0.15, 0.2) is 53.3 Å². The number of aromatic nitrogens is 3. The minimum absolute atomic E-state index is 0.0808. The Bertz CT molecular complexity index is 924. The Labute approximate surface area is 163 Å². The van der Waals surface area contributed by atoms with Gasteiger partial charge in [0.2, 0.25) is 17.6 Å².